The van der Waals surface area contributed by atoms with E-state index in [1.807, 2.05) is 0 Å². The van der Waals surface area contributed by atoms with Crippen molar-refractivity contribution in [2.24, 2.45) is 11.1 Å². The predicted octanol–water partition coefficient (Wildman–Crippen LogP) is 2.69. The van der Waals surface area contributed by atoms with Gasteiger partial charge in [-0.25, -0.2) is 9.37 Å². The van der Waals surface area contributed by atoms with E-state index in [9.17, 15) is 9.18 Å². The fourth-order valence-electron chi connectivity index (χ4n) is 3.95. The first-order chi connectivity index (χ1) is 12.1. The number of aryl methyl sites for hydroxylation is 2. The summed E-state index contributed by atoms with van der Waals surface area (Å²) in [4.78, 5) is 20.4. The Labute approximate surface area is 150 Å². The number of nitrogens with zero attached hydrogens (tertiary/aromatic N) is 2. The maximum atomic E-state index is 13.9. The van der Waals surface area contributed by atoms with Gasteiger partial charge in [0.25, 0.3) is 0 Å². The van der Waals surface area contributed by atoms with E-state index in [2.05, 4.69) is 4.90 Å². The Morgan fingerprint density at radius 3 is 2.76 bits per heavy atom. The standard InChI is InChI=1S/C19H22FN3OS/c20-14-6-2-1-5-13(14)9-19(18(21)24)11-23(12-19)10-17-22-15-7-3-4-8-16(15)25-17/h1-2,5-6H,3-4,7-12H2,(H2,21,24). The number of aromatic nitrogens is 1. The van der Waals surface area contributed by atoms with Crippen LogP contribution < -0.4 is 5.73 Å². The molecule has 0 bridgehead atoms. The minimum Gasteiger partial charge on any atom is -0.369 e. The fraction of sp³-hybridized carbons (Fsp3) is 0.474. The molecule has 4 rings (SSSR count). The first-order valence-corrected chi connectivity index (χ1v) is 9.60. The third-order valence-electron chi connectivity index (χ3n) is 5.31. The maximum absolute atomic E-state index is 13.9. The van der Waals surface area contributed by atoms with E-state index in [1.54, 1.807) is 29.5 Å². The van der Waals surface area contributed by atoms with Crippen molar-refractivity contribution in [2.75, 3.05) is 13.1 Å². The SMILES string of the molecule is NC(=O)C1(Cc2ccccc2F)CN(Cc2nc3c(s2)CCCC3)C1. The lowest BCUT2D eigenvalue weighted by Gasteiger charge is -2.48. The molecule has 132 valence electrons. The zero-order chi connectivity index (χ0) is 17.4. The number of nitrogens with two attached hydrogens (primary N) is 1. The molecule has 25 heavy (non-hydrogen) atoms. The third kappa shape index (κ3) is 3.20. The summed E-state index contributed by atoms with van der Waals surface area (Å²) in [7, 11) is 0. The first-order valence-electron chi connectivity index (χ1n) is 8.79. The molecule has 0 saturated carbocycles. The van der Waals surface area contributed by atoms with Crippen LogP contribution in [0, 0.1) is 11.2 Å². The van der Waals surface area contributed by atoms with Crippen molar-refractivity contribution in [3.8, 4) is 0 Å². The smallest absolute Gasteiger partial charge is 0.226 e. The molecule has 1 aliphatic heterocycles. The topological polar surface area (TPSA) is 59.2 Å². The van der Waals surface area contributed by atoms with E-state index in [0.717, 1.165) is 24.4 Å². The summed E-state index contributed by atoms with van der Waals surface area (Å²) in [5.74, 6) is -0.611. The van der Waals surface area contributed by atoms with E-state index in [-0.39, 0.29) is 11.7 Å². The van der Waals surface area contributed by atoms with Gasteiger partial charge in [-0.3, -0.25) is 9.69 Å². The summed E-state index contributed by atoms with van der Waals surface area (Å²) in [6.45, 7) is 1.89. The summed E-state index contributed by atoms with van der Waals surface area (Å²) in [5, 5.41) is 1.12. The van der Waals surface area contributed by atoms with Crippen molar-refractivity contribution in [2.45, 2.75) is 38.6 Å². The molecule has 2 aromatic rings. The van der Waals surface area contributed by atoms with Crippen molar-refractivity contribution in [3.05, 3.63) is 51.2 Å². The largest absolute Gasteiger partial charge is 0.369 e. The van der Waals surface area contributed by atoms with E-state index >= 15 is 0 Å². The molecule has 2 aliphatic rings. The molecule has 1 aliphatic carbocycles. The second-order valence-electron chi connectivity index (χ2n) is 7.24. The molecular formula is C19H22FN3OS. The van der Waals surface area contributed by atoms with Gasteiger partial charge in [0.05, 0.1) is 17.7 Å². The van der Waals surface area contributed by atoms with Crippen LogP contribution in [0.4, 0.5) is 4.39 Å². The van der Waals surface area contributed by atoms with Crippen LogP contribution in [0.15, 0.2) is 24.3 Å². The normalized spacial score (nSPS) is 19.2. The summed E-state index contributed by atoms with van der Waals surface area (Å²) >= 11 is 1.80. The molecule has 4 nitrogen and oxygen atoms in total. The van der Waals surface area contributed by atoms with Gasteiger partial charge in [0.1, 0.15) is 10.8 Å². The van der Waals surface area contributed by atoms with Gasteiger partial charge in [0.15, 0.2) is 0 Å². The lowest BCUT2D eigenvalue weighted by Crippen LogP contribution is -2.63. The Balaban J connectivity index is 1.43. The molecule has 1 aromatic heterocycles. The van der Waals surface area contributed by atoms with Crippen LogP contribution in [0.2, 0.25) is 0 Å². The molecule has 0 atom stereocenters. The molecule has 0 unspecified atom stereocenters. The number of hydrogen-bond donors (Lipinski definition) is 1. The molecule has 0 spiro atoms. The van der Waals surface area contributed by atoms with Gasteiger partial charge >= 0.3 is 0 Å². The maximum Gasteiger partial charge on any atom is 0.226 e. The number of primary amides is 1. The highest BCUT2D eigenvalue weighted by Crippen LogP contribution is 2.36. The Kier molecular flexibility index (Phi) is 4.33. The number of halogens is 1. The van der Waals surface area contributed by atoms with Crippen LogP contribution in [0.3, 0.4) is 0 Å². The Morgan fingerprint density at radius 2 is 2.04 bits per heavy atom. The van der Waals surface area contributed by atoms with Crippen molar-refractivity contribution in [3.63, 3.8) is 0 Å². The van der Waals surface area contributed by atoms with Crippen LogP contribution in [0.25, 0.3) is 0 Å². The highest BCUT2D eigenvalue weighted by molar-refractivity contribution is 7.11. The second-order valence-corrected chi connectivity index (χ2v) is 8.41. The van der Waals surface area contributed by atoms with E-state index in [4.69, 9.17) is 10.7 Å². The van der Waals surface area contributed by atoms with Crippen molar-refractivity contribution < 1.29 is 9.18 Å². The van der Waals surface area contributed by atoms with Gasteiger partial charge in [-0.1, -0.05) is 18.2 Å². The quantitative estimate of drug-likeness (QED) is 0.893. The van der Waals surface area contributed by atoms with Gasteiger partial charge in [0, 0.05) is 18.0 Å². The number of thiazole rings is 1. The Bertz CT molecular complexity index is 774. The van der Waals surface area contributed by atoms with Gasteiger partial charge < -0.3 is 5.73 Å². The van der Waals surface area contributed by atoms with E-state index in [1.165, 1.54) is 29.5 Å². The predicted molar refractivity (Wildman–Crippen MR) is 95.8 cm³/mol. The minimum absolute atomic E-state index is 0.269. The van der Waals surface area contributed by atoms with E-state index < -0.39 is 5.41 Å². The fourth-order valence-corrected chi connectivity index (χ4v) is 5.15. The summed E-state index contributed by atoms with van der Waals surface area (Å²) in [6, 6.07) is 6.62. The number of likely N-dealkylation sites (tertiary alicyclic amines) is 1. The van der Waals surface area contributed by atoms with Gasteiger partial charge in [-0.15, -0.1) is 11.3 Å². The molecule has 1 aromatic carbocycles. The molecular weight excluding hydrogens is 337 g/mol. The lowest BCUT2D eigenvalue weighted by atomic mass is 9.74. The van der Waals surface area contributed by atoms with Gasteiger partial charge in [-0.05, 0) is 43.7 Å². The number of fused-ring (bicyclic) bond motifs is 1. The monoisotopic (exact) mass is 359 g/mol. The Morgan fingerprint density at radius 1 is 1.28 bits per heavy atom. The van der Waals surface area contributed by atoms with Crippen molar-refractivity contribution >= 4 is 17.2 Å². The average Bonchev–Trinajstić information content (AvgIpc) is 2.96. The number of carbonyl (C=O) groups is 1. The van der Waals surface area contributed by atoms with Crippen molar-refractivity contribution in [1.82, 2.24) is 9.88 Å². The minimum atomic E-state index is -0.668. The van der Waals surface area contributed by atoms with Crippen LogP contribution in [0.5, 0.6) is 0 Å². The van der Waals surface area contributed by atoms with Crippen LogP contribution >= 0.6 is 11.3 Å². The van der Waals surface area contributed by atoms with Crippen LogP contribution in [-0.2, 0) is 30.6 Å². The molecule has 1 amide bonds. The number of benzene rings is 1. The highest BCUT2D eigenvalue weighted by Gasteiger charge is 2.48. The molecule has 2 N–H and O–H groups in total. The number of hydrogen-bond acceptors (Lipinski definition) is 4. The summed E-state index contributed by atoms with van der Waals surface area (Å²) in [5.41, 5.74) is 6.82. The number of amides is 1. The van der Waals surface area contributed by atoms with Gasteiger partial charge in [0.2, 0.25) is 5.91 Å². The first kappa shape index (κ1) is 16.7. The van der Waals surface area contributed by atoms with E-state index in [0.29, 0.717) is 25.1 Å². The Hall–Kier alpha value is -1.79. The number of carbonyl (C=O) groups excluding carboxylic acids is 1. The average molecular weight is 359 g/mol. The molecule has 1 fully saturated rings. The third-order valence-corrected chi connectivity index (χ3v) is 6.45. The molecule has 2 heterocycles. The van der Waals surface area contributed by atoms with Crippen LogP contribution in [0.1, 0.15) is 34.0 Å². The molecule has 0 radical (unpaired) electrons. The lowest BCUT2D eigenvalue weighted by molar-refractivity contribution is -0.138. The second kappa shape index (κ2) is 6.50. The van der Waals surface area contributed by atoms with Crippen LogP contribution in [-0.4, -0.2) is 28.9 Å². The molecule has 1 saturated heterocycles. The van der Waals surface area contributed by atoms with Crippen molar-refractivity contribution in [1.29, 1.82) is 0 Å². The van der Waals surface area contributed by atoms with Gasteiger partial charge in [-0.2, -0.15) is 0 Å². The zero-order valence-corrected chi connectivity index (χ0v) is 14.9. The summed E-state index contributed by atoms with van der Waals surface area (Å²) < 4.78 is 13.9. The molecule has 6 heteroatoms. The zero-order valence-electron chi connectivity index (χ0n) is 14.1. The summed E-state index contributed by atoms with van der Waals surface area (Å²) in [6.07, 6.45) is 5.08. The number of rotatable bonds is 5. The highest BCUT2D eigenvalue weighted by atomic mass is 32.1.